The number of pyridine rings is 1. The van der Waals surface area contributed by atoms with Gasteiger partial charge in [0.05, 0.1) is 16.6 Å². The van der Waals surface area contributed by atoms with Crippen LogP contribution < -0.4 is 5.56 Å². The molecule has 3 heterocycles. The lowest BCUT2D eigenvalue weighted by Crippen LogP contribution is -2.18. The molecule has 0 amide bonds. The van der Waals surface area contributed by atoms with Crippen LogP contribution in [0, 0.1) is 0 Å². The van der Waals surface area contributed by atoms with Crippen molar-refractivity contribution in [1.29, 1.82) is 0 Å². The van der Waals surface area contributed by atoms with E-state index in [9.17, 15) is 4.79 Å². The average molecular weight is 317 g/mol. The van der Waals surface area contributed by atoms with Gasteiger partial charge in [-0.2, -0.15) is 0 Å². The van der Waals surface area contributed by atoms with Gasteiger partial charge in [0.25, 0.3) is 5.56 Å². The van der Waals surface area contributed by atoms with Crippen LogP contribution in [0.4, 0.5) is 0 Å². The molecule has 24 heavy (non-hydrogen) atoms. The van der Waals surface area contributed by atoms with E-state index in [2.05, 4.69) is 33.1 Å². The second-order valence-electron chi connectivity index (χ2n) is 6.70. The van der Waals surface area contributed by atoms with E-state index >= 15 is 0 Å². The summed E-state index contributed by atoms with van der Waals surface area (Å²) in [5.41, 5.74) is 4.36. The third kappa shape index (κ3) is 2.00. The summed E-state index contributed by atoms with van der Waals surface area (Å²) in [4.78, 5) is 21.6. The van der Waals surface area contributed by atoms with Gasteiger partial charge in [-0.25, -0.2) is 0 Å². The molecule has 1 aliphatic rings. The van der Waals surface area contributed by atoms with E-state index in [1.54, 1.807) is 0 Å². The van der Waals surface area contributed by atoms with Crippen LogP contribution in [0.1, 0.15) is 18.4 Å². The average Bonchev–Trinajstić information content (AvgIpc) is 3.24. The van der Waals surface area contributed by atoms with Crippen molar-refractivity contribution in [3.05, 3.63) is 58.4 Å². The minimum Gasteiger partial charge on any atom is -0.352 e. The minimum atomic E-state index is -0.0241. The number of aromatic amines is 2. The van der Waals surface area contributed by atoms with Gasteiger partial charge in [0.15, 0.2) is 0 Å². The first-order valence-electron chi connectivity index (χ1n) is 8.58. The summed E-state index contributed by atoms with van der Waals surface area (Å²) in [6, 6.07) is 14.2. The molecule has 120 valence electrons. The van der Waals surface area contributed by atoms with E-state index < -0.39 is 0 Å². The van der Waals surface area contributed by atoms with Gasteiger partial charge in [0.1, 0.15) is 0 Å². The molecule has 0 radical (unpaired) electrons. The van der Waals surface area contributed by atoms with Crippen LogP contribution in [0.25, 0.3) is 32.7 Å². The standard InChI is InChI=1S/C20H19N3O/c24-20-15-8-2-1-7-14(15)18-19(22-20)16-9-5-6-13(17(16)21-18)12-23-10-3-4-11-23/h1-2,5-9,21H,3-4,10-12H2,(H,22,24). The molecule has 1 aliphatic heterocycles. The van der Waals surface area contributed by atoms with E-state index in [1.807, 2.05) is 24.3 Å². The number of rotatable bonds is 2. The van der Waals surface area contributed by atoms with Crippen LogP contribution in [0.2, 0.25) is 0 Å². The lowest BCUT2D eigenvalue weighted by Gasteiger charge is -2.14. The van der Waals surface area contributed by atoms with Crippen LogP contribution in [-0.2, 0) is 6.54 Å². The van der Waals surface area contributed by atoms with Crippen molar-refractivity contribution in [3.8, 4) is 0 Å². The summed E-state index contributed by atoms with van der Waals surface area (Å²) in [6.45, 7) is 3.32. The number of hydrogen-bond donors (Lipinski definition) is 2. The fraction of sp³-hybridized carbons (Fsp3) is 0.250. The summed E-state index contributed by atoms with van der Waals surface area (Å²) in [5.74, 6) is 0. The maximum absolute atomic E-state index is 12.4. The molecular formula is C20H19N3O. The first-order chi connectivity index (χ1) is 11.8. The molecule has 2 aromatic heterocycles. The molecule has 4 aromatic rings. The van der Waals surface area contributed by atoms with E-state index in [-0.39, 0.29) is 5.56 Å². The molecule has 0 aliphatic carbocycles. The normalized spacial score (nSPS) is 15.8. The summed E-state index contributed by atoms with van der Waals surface area (Å²) in [6.07, 6.45) is 2.58. The van der Waals surface area contributed by atoms with Gasteiger partial charge in [-0.05, 0) is 37.6 Å². The molecule has 2 N–H and O–H groups in total. The first-order valence-corrected chi connectivity index (χ1v) is 8.58. The molecule has 1 saturated heterocycles. The Labute approximate surface area is 139 Å². The Kier molecular flexibility index (Phi) is 3.00. The first kappa shape index (κ1) is 13.8. The van der Waals surface area contributed by atoms with Crippen molar-refractivity contribution in [3.63, 3.8) is 0 Å². The van der Waals surface area contributed by atoms with Gasteiger partial charge in [-0.3, -0.25) is 9.69 Å². The number of nitrogens with one attached hydrogen (secondary N) is 2. The Morgan fingerprint density at radius 3 is 2.33 bits per heavy atom. The zero-order valence-electron chi connectivity index (χ0n) is 13.4. The summed E-state index contributed by atoms with van der Waals surface area (Å²) in [5, 5.41) is 2.82. The van der Waals surface area contributed by atoms with Crippen molar-refractivity contribution in [2.24, 2.45) is 0 Å². The van der Waals surface area contributed by atoms with Crippen LogP contribution in [0.3, 0.4) is 0 Å². The van der Waals surface area contributed by atoms with Gasteiger partial charge in [0.2, 0.25) is 0 Å². The largest absolute Gasteiger partial charge is 0.352 e. The Bertz CT molecular complexity index is 1120. The van der Waals surface area contributed by atoms with Crippen molar-refractivity contribution in [1.82, 2.24) is 14.9 Å². The quantitative estimate of drug-likeness (QED) is 0.591. The number of hydrogen-bond acceptors (Lipinski definition) is 2. The number of fused-ring (bicyclic) bond motifs is 5. The Morgan fingerprint density at radius 2 is 1.50 bits per heavy atom. The highest BCUT2D eigenvalue weighted by Crippen LogP contribution is 2.30. The number of H-pyrrole nitrogens is 2. The molecule has 0 spiro atoms. The minimum absolute atomic E-state index is 0.0241. The maximum Gasteiger partial charge on any atom is 0.256 e. The van der Waals surface area contributed by atoms with Crippen molar-refractivity contribution >= 4 is 32.7 Å². The van der Waals surface area contributed by atoms with E-state index in [0.29, 0.717) is 0 Å². The van der Waals surface area contributed by atoms with E-state index in [0.717, 1.165) is 39.3 Å². The number of nitrogens with zero attached hydrogens (tertiary/aromatic N) is 1. The molecule has 4 heteroatoms. The zero-order valence-corrected chi connectivity index (χ0v) is 13.4. The predicted octanol–water partition coefficient (Wildman–Crippen LogP) is 3.76. The van der Waals surface area contributed by atoms with Crippen LogP contribution in [0.5, 0.6) is 0 Å². The van der Waals surface area contributed by atoms with Crippen LogP contribution >= 0.6 is 0 Å². The fourth-order valence-electron chi connectivity index (χ4n) is 4.00. The molecular weight excluding hydrogens is 298 g/mol. The van der Waals surface area contributed by atoms with Crippen molar-refractivity contribution < 1.29 is 0 Å². The highest BCUT2D eigenvalue weighted by atomic mass is 16.1. The second kappa shape index (κ2) is 5.21. The van der Waals surface area contributed by atoms with Crippen LogP contribution in [0.15, 0.2) is 47.3 Å². The zero-order chi connectivity index (χ0) is 16.1. The Morgan fingerprint density at radius 1 is 0.792 bits per heavy atom. The number of para-hydroxylation sites is 1. The lowest BCUT2D eigenvalue weighted by molar-refractivity contribution is 0.332. The number of likely N-dealkylation sites (tertiary alicyclic amines) is 1. The SMILES string of the molecule is O=c1[nH]c2c3cccc(CN4CCCC4)c3[nH]c2c2ccccc12. The monoisotopic (exact) mass is 317 g/mol. The Balaban J connectivity index is 1.80. The third-order valence-electron chi connectivity index (χ3n) is 5.19. The lowest BCUT2D eigenvalue weighted by atomic mass is 10.1. The predicted molar refractivity (Wildman–Crippen MR) is 98.4 cm³/mol. The van der Waals surface area contributed by atoms with Gasteiger partial charge < -0.3 is 9.97 Å². The number of aromatic nitrogens is 2. The Hall–Kier alpha value is -2.59. The van der Waals surface area contributed by atoms with Gasteiger partial charge in [-0.1, -0.05) is 36.4 Å². The molecule has 0 bridgehead atoms. The molecule has 5 rings (SSSR count). The topological polar surface area (TPSA) is 51.9 Å². The summed E-state index contributed by atoms with van der Waals surface area (Å²) < 4.78 is 0. The highest BCUT2D eigenvalue weighted by molar-refractivity contribution is 6.15. The molecule has 2 aromatic carbocycles. The highest BCUT2D eigenvalue weighted by Gasteiger charge is 2.16. The van der Waals surface area contributed by atoms with Gasteiger partial charge in [-0.15, -0.1) is 0 Å². The molecule has 1 fully saturated rings. The van der Waals surface area contributed by atoms with E-state index in [4.69, 9.17) is 0 Å². The van der Waals surface area contributed by atoms with Crippen molar-refractivity contribution in [2.75, 3.05) is 13.1 Å². The molecule has 0 saturated carbocycles. The smallest absolute Gasteiger partial charge is 0.256 e. The molecule has 4 nitrogen and oxygen atoms in total. The summed E-state index contributed by atoms with van der Waals surface area (Å²) >= 11 is 0. The molecule has 0 unspecified atom stereocenters. The summed E-state index contributed by atoms with van der Waals surface area (Å²) in [7, 11) is 0. The second-order valence-corrected chi connectivity index (χ2v) is 6.70. The maximum atomic E-state index is 12.4. The number of benzene rings is 2. The van der Waals surface area contributed by atoms with Crippen LogP contribution in [-0.4, -0.2) is 28.0 Å². The van der Waals surface area contributed by atoms with E-state index in [1.165, 1.54) is 31.5 Å². The molecule has 0 atom stereocenters. The third-order valence-corrected chi connectivity index (χ3v) is 5.19. The van der Waals surface area contributed by atoms with Crippen molar-refractivity contribution in [2.45, 2.75) is 19.4 Å². The fourth-order valence-corrected chi connectivity index (χ4v) is 4.00. The van der Waals surface area contributed by atoms with Gasteiger partial charge >= 0.3 is 0 Å². The van der Waals surface area contributed by atoms with Gasteiger partial charge in [0, 0.05) is 22.7 Å².